The van der Waals surface area contributed by atoms with Gasteiger partial charge in [0.25, 0.3) is 5.91 Å². The average molecular weight is 362 g/mol. The Labute approximate surface area is 158 Å². The van der Waals surface area contributed by atoms with Crippen molar-refractivity contribution in [2.45, 2.75) is 13.1 Å². The van der Waals surface area contributed by atoms with Crippen molar-refractivity contribution in [3.05, 3.63) is 83.7 Å². The second kappa shape index (κ2) is 8.80. The summed E-state index contributed by atoms with van der Waals surface area (Å²) in [6.07, 6.45) is 1.60. The minimum Gasteiger partial charge on any atom is -0.497 e. The van der Waals surface area contributed by atoms with E-state index in [1.165, 1.54) is 0 Å². The number of methoxy groups -OCH3 is 1. The summed E-state index contributed by atoms with van der Waals surface area (Å²) < 4.78 is 5.13. The molecule has 0 radical (unpaired) electrons. The van der Waals surface area contributed by atoms with Crippen molar-refractivity contribution in [2.24, 2.45) is 0 Å². The van der Waals surface area contributed by atoms with Crippen LogP contribution >= 0.6 is 0 Å². The third-order valence-electron chi connectivity index (χ3n) is 4.09. The van der Waals surface area contributed by atoms with Crippen molar-refractivity contribution in [3.8, 4) is 5.75 Å². The van der Waals surface area contributed by atoms with E-state index in [4.69, 9.17) is 4.74 Å². The third-order valence-corrected chi connectivity index (χ3v) is 4.09. The van der Waals surface area contributed by atoms with E-state index >= 15 is 0 Å². The molecular formula is C21H22N4O2. The molecule has 0 saturated heterocycles. The highest BCUT2D eigenvalue weighted by Gasteiger charge is 2.11. The van der Waals surface area contributed by atoms with Gasteiger partial charge in [0.1, 0.15) is 11.4 Å². The maximum absolute atomic E-state index is 12.4. The minimum atomic E-state index is -0.234. The van der Waals surface area contributed by atoms with Gasteiger partial charge in [0.05, 0.1) is 7.11 Å². The van der Waals surface area contributed by atoms with Crippen LogP contribution in [0.2, 0.25) is 0 Å². The molecule has 0 spiro atoms. The van der Waals surface area contributed by atoms with Crippen LogP contribution in [0, 0.1) is 0 Å². The summed E-state index contributed by atoms with van der Waals surface area (Å²) in [4.78, 5) is 23.0. The molecule has 1 aromatic heterocycles. The van der Waals surface area contributed by atoms with E-state index < -0.39 is 0 Å². The molecule has 6 heteroatoms. The van der Waals surface area contributed by atoms with E-state index in [1.807, 2.05) is 66.5 Å². The van der Waals surface area contributed by atoms with E-state index in [0.717, 1.165) is 16.9 Å². The molecule has 0 saturated carbocycles. The molecule has 2 aromatic carbocycles. The fourth-order valence-electron chi connectivity index (χ4n) is 2.60. The number of benzene rings is 2. The quantitative estimate of drug-likeness (QED) is 0.700. The number of amides is 1. The Hall–Kier alpha value is -3.41. The van der Waals surface area contributed by atoms with Gasteiger partial charge in [0.15, 0.2) is 0 Å². The van der Waals surface area contributed by atoms with E-state index in [1.54, 1.807) is 19.4 Å². The lowest BCUT2D eigenvalue weighted by molar-refractivity contribution is 0.0946. The van der Waals surface area contributed by atoms with Crippen LogP contribution in [0.15, 0.2) is 66.9 Å². The van der Waals surface area contributed by atoms with Crippen molar-refractivity contribution in [2.75, 3.05) is 19.1 Å². The second-order valence-corrected chi connectivity index (χ2v) is 6.11. The predicted molar refractivity (Wildman–Crippen MR) is 105 cm³/mol. The predicted octanol–water partition coefficient (Wildman–Crippen LogP) is 3.05. The summed E-state index contributed by atoms with van der Waals surface area (Å²) in [5, 5.41) is 2.88. The molecule has 0 atom stereocenters. The summed E-state index contributed by atoms with van der Waals surface area (Å²) in [6.45, 7) is 1.08. The molecule has 138 valence electrons. The molecule has 1 N–H and O–H groups in total. The van der Waals surface area contributed by atoms with Crippen molar-refractivity contribution in [1.82, 2.24) is 15.3 Å². The molecule has 3 aromatic rings. The first kappa shape index (κ1) is 18.4. The number of nitrogens with one attached hydrogen (secondary N) is 1. The Morgan fingerprint density at radius 3 is 2.48 bits per heavy atom. The molecule has 27 heavy (non-hydrogen) atoms. The number of nitrogens with zero attached hydrogens (tertiary/aromatic N) is 3. The van der Waals surface area contributed by atoms with Crippen molar-refractivity contribution in [3.63, 3.8) is 0 Å². The van der Waals surface area contributed by atoms with Gasteiger partial charge >= 0.3 is 0 Å². The van der Waals surface area contributed by atoms with Crippen molar-refractivity contribution in [1.29, 1.82) is 0 Å². The zero-order valence-electron chi connectivity index (χ0n) is 15.4. The van der Waals surface area contributed by atoms with E-state index in [-0.39, 0.29) is 5.91 Å². The van der Waals surface area contributed by atoms with Gasteiger partial charge in [-0.25, -0.2) is 9.97 Å². The summed E-state index contributed by atoms with van der Waals surface area (Å²) in [5.41, 5.74) is 2.48. The number of carbonyl (C=O) groups is 1. The molecule has 1 heterocycles. The lowest BCUT2D eigenvalue weighted by atomic mass is 10.2. The number of carbonyl (C=O) groups excluding carboxylic acids is 1. The summed E-state index contributed by atoms with van der Waals surface area (Å²) in [6, 6.07) is 19.2. The summed E-state index contributed by atoms with van der Waals surface area (Å²) >= 11 is 0. The Balaban J connectivity index is 1.62. The van der Waals surface area contributed by atoms with E-state index in [9.17, 15) is 4.79 Å². The molecule has 3 rings (SSSR count). The highest BCUT2D eigenvalue weighted by atomic mass is 16.5. The molecular weight excluding hydrogens is 340 g/mol. The zero-order valence-corrected chi connectivity index (χ0v) is 15.4. The first-order chi connectivity index (χ1) is 13.2. The van der Waals surface area contributed by atoms with Crippen LogP contribution in [0.5, 0.6) is 5.75 Å². The summed E-state index contributed by atoms with van der Waals surface area (Å²) in [7, 11) is 3.53. The monoisotopic (exact) mass is 362 g/mol. The lowest BCUT2D eigenvalue weighted by Crippen LogP contribution is -2.25. The topological polar surface area (TPSA) is 67.3 Å². The Bertz CT molecular complexity index is 882. The number of hydrogen-bond acceptors (Lipinski definition) is 5. The first-order valence-electron chi connectivity index (χ1n) is 8.65. The van der Waals surface area contributed by atoms with Crippen LogP contribution in [0.25, 0.3) is 0 Å². The second-order valence-electron chi connectivity index (χ2n) is 6.11. The molecule has 0 aliphatic carbocycles. The van der Waals surface area contributed by atoms with Crippen molar-refractivity contribution < 1.29 is 9.53 Å². The van der Waals surface area contributed by atoms with Crippen LogP contribution in [-0.4, -0.2) is 30.0 Å². The molecule has 0 unspecified atom stereocenters. The summed E-state index contributed by atoms with van der Waals surface area (Å²) in [5.74, 6) is 1.06. The minimum absolute atomic E-state index is 0.234. The standard InChI is InChI=1S/C21H22N4O2/c1-25(15-17-6-4-3-5-7-17)21-22-13-12-19(24-21)20(26)23-14-16-8-10-18(27-2)11-9-16/h3-13H,14-15H2,1-2H3,(H,23,26). The van der Waals surface area contributed by atoms with Crippen LogP contribution in [-0.2, 0) is 13.1 Å². The number of ether oxygens (including phenoxy) is 1. The molecule has 0 aliphatic rings. The van der Waals surface area contributed by atoms with E-state index in [2.05, 4.69) is 15.3 Å². The molecule has 6 nitrogen and oxygen atoms in total. The van der Waals surface area contributed by atoms with Crippen LogP contribution < -0.4 is 15.0 Å². The fourth-order valence-corrected chi connectivity index (χ4v) is 2.60. The van der Waals surface area contributed by atoms with Gasteiger partial charge in [0, 0.05) is 26.3 Å². The Morgan fingerprint density at radius 2 is 1.78 bits per heavy atom. The number of anilines is 1. The Morgan fingerprint density at radius 1 is 1.04 bits per heavy atom. The smallest absolute Gasteiger partial charge is 0.270 e. The molecule has 0 aliphatic heterocycles. The fraction of sp³-hybridized carbons (Fsp3) is 0.190. The highest BCUT2D eigenvalue weighted by Crippen LogP contribution is 2.12. The number of aromatic nitrogens is 2. The van der Waals surface area contributed by atoms with Gasteiger partial charge in [-0.05, 0) is 29.3 Å². The number of rotatable bonds is 7. The van der Waals surface area contributed by atoms with Crippen molar-refractivity contribution >= 4 is 11.9 Å². The highest BCUT2D eigenvalue weighted by molar-refractivity contribution is 5.92. The lowest BCUT2D eigenvalue weighted by Gasteiger charge is -2.17. The van der Waals surface area contributed by atoms with E-state index in [0.29, 0.717) is 24.7 Å². The van der Waals surface area contributed by atoms with Crippen LogP contribution in [0.3, 0.4) is 0 Å². The zero-order chi connectivity index (χ0) is 19.1. The van der Waals surface area contributed by atoms with Gasteiger partial charge in [-0.1, -0.05) is 42.5 Å². The van der Waals surface area contributed by atoms with Crippen LogP contribution in [0.4, 0.5) is 5.95 Å². The molecule has 0 fully saturated rings. The molecule has 0 bridgehead atoms. The van der Waals surface area contributed by atoms with Gasteiger partial charge in [-0.15, -0.1) is 0 Å². The maximum atomic E-state index is 12.4. The van der Waals surface area contributed by atoms with Gasteiger partial charge in [-0.2, -0.15) is 0 Å². The SMILES string of the molecule is COc1ccc(CNC(=O)c2ccnc(N(C)Cc3ccccc3)n2)cc1. The maximum Gasteiger partial charge on any atom is 0.270 e. The normalized spacial score (nSPS) is 10.3. The first-order valence-corrected chi connectivity index (χ1v) is 8.65. The Kier molecular flexibility index (Phi) is 5.99. The average Bonchev–Trinajstić information content (AvgIpc) is 2.73. The van der Waals surface area contributed by atoms with Gasteiger partial charge < -0.3 is 15.0 Å². The third kappa shape index (κ3) is 5.04. The van der Waals surface area contributed by atoms with Gasteiger partial charge in [-0.3, -0.25) is 4.79 Å². The largest absolute Gasteiger partial charge is 0.497 e. The molecule has 1 amide bonds. The van der Waals surface area contributed by atoms with Crippen LogP contribution in [0.1, 0.15) is 21.6 Å². The number of hydrogen-bond donors (Lipinski definition) is 1. The van der Waals surface area contributed by atoms with Gasteiger partial charge in [0.2, 0.25) is 5.95 Å².